The zero-order valence-electron chi connectivity index (χ0n) is 15.9. The number of carbonyl (C=O) groups excluding carboxylic acids is 1. The molecule has 12 heteroatoms. The first-order valence-corrected chi connectivity index (χ1v) is 9.18. The van der Waals surface area contributed by atoms with E-state index in [1.807, 2.05) is 0 Å². The number of nitrogens with one attached hydrogen (secondary N) is 1. The van der Waals surface area contributed by atoms with Crippen molar-refractivity contribution in [1.29, 1.82) is 0 Å². The maximum atomic E-state index is 13.0. The van der Waals surface area contributed by atoms with Gasteiger partial charge in [-0.25, -0.2) is 9.69 Å². The largest absolute Gasteiger partial charge is 0.416 e. The molecule has 1 amide bonds. The van der Waals surface area contributed by atoms with E-state index < -0.39 is 35.5 Å². The second kappa shape index (κ2) is 8.71. The third-order valence-corrected chi connectivity index (χ3v) is 4.60. The van der Waals surface area contributed by atoms with Crippen LogP contribution in [0, 0.1) is 0 Å². The first-order valence-electron chi connectivity index (χ1n) is 9.18. The molecule has 0 bridgehead atoms. The molecule has 2 heterocycles. The fourth-order valence-corrected chi connectivity index (χ4v) is 2.99. The molecule has 0 radical (unpaired) electrons. The summed E-state index contributed by atoms with van der Waals surface area (Å²) in [5, 5.41) is 15.0. The minimum Gasteiger partial charge on any atom is -0.393 e. The van der Waals surface area contributed by atoms with Crippen LogP contribution in [-0.4, -0.2) is 45.0 Å². The second-order valence-electron chi connectivity index (χ2n) is 6.99. The van der Waals surface area contributed by atoms with Crippen molar-refractivity contribution >= 4 is 12.1 Å². The number of aromatic nitrogens is 2. The predicted molar refractivity (Wildman–Crippen MR) is 98.0 cm³/mol. The number of hydrogen-bond acceptors (Lipinski definition) is 4. The molecule has 168 valence electrons. The Morgan fingerprint density at radius 3 is 2.19 bits per heavy atom. The smallest absolute Gasteiger partial charge is 0.393 e. The molecular weight excluding hydrogens is 430 g/mol. The lowest BCUT2D eigenvalue weighted by molar-refractivity contribution is -0.143. The van der Waals surface area contributed by atoms with Crippen LogP contribution >= 0.6 is 0 Å². The minimum atomic E-state index is -4.96. The molecule has 0 spiro atoms. The van der Waals surface area contributed by atoms with Gasteiger partial charge in [0, 0.05) is 37.1 Å². The lowest BCUT2D eigenvalue weighted by atomic mass is 10.0. The molecule has 6 nitrogen and oxygen atoms in total. The predicted octanol–water partition coefficient (Wildman–Crippen LogP) is 3.55. The highest BCUT2D eigenvalue weighted by Crippen LogP contribution is 2.38. The van der Waals surface area contributed by atoms with Crippen molar-refractivity contribution in [2.24, 2.45) is 0 Å². The molecule has 0 saturated carbocycles. The Morgan fingerprint density at radius 1 is 1.06 bits per heavy atom. The van der Waals surface area contributed by atoms with E-state index in [-0.39, 0.29) is 17.3 Å². The summed E-state index contributed by atoms with van der Waals surface area (Å²) in [6.07, 6.45) is -5.65. The third-order valence-electron chi connectivity index (χ3n) is 4.60. The maximum absolute atomic E-state index is 13.0. The molecule has 1 aromatic heterocycles. The number of amides is 1. The van der Waals surface area contributed by atoms with Gasteiger partial charge >= 0.3 is 12.4 Å². The van der Waals surface area contributed by atoms with Gasteiger partial charge in [-0.3, -0.25) is 10.2 Å². The summed E-state index contributed by atoms with van der Waals surface area (Å²) in [4.78, 5) is 12.0. The number of carbonyl (C=O) groups is 1. The van der Waals surface area contributed by atoms with Crippen LogP contribution in [0.5, 0.6) is 0 Å². The van der Waals surface area contributed by atoms with E-state index in [1.165, 1.54) is 18.5 Å². The molecule has 2 aromatic rings. The summed E-state index contributed by atoms with van der Waals surface area (Å²) < 4.78 is 79.2. The van der Waals surface area contributed by atoms with E-state index >= 15 is 0 Å². The molecule has 3 rings (SSSR count). The lowest BCUT2D eigenvalue weighted by Crippen LogP contribution is -2.47. The number of piperidine rings is 1. The normalized spacial score (nSPS) is 16.7. The monoisotopic (exact) mass is 448 g/mol. The summed E-state index contributed by atoms with van der Waals surface area (Å²) in [7, 11) is 0. The van der Waals surface area contributed by atoms with Gasteiger partial charge < -0.3 is 5.11 Å². The third kappa shape index (κ3) is 6.07. The highest BCUT2D eigenvalue weighted by molar-refractivity contribution is 5.89. The first-order chi connectivity index (χ1) is 14.4. The van der Waals surface area contributed by atoms with Gasteiger partial charge in [0.05, 0.1) is 22.9 Å². The van der Waals surface area contributed by atoms with Crippen LogP contribution in [0.1, 0.15) is 24.0 Å². The Labute approximate surface area is 172 Å². The Kier molecular flexibility index (Phi) is 6.41. The van der Waals surface area contributed by atoms with Gasteiger partial charge in [0.25, 0.3) is 5.91 Å². The lowest BCUT2D eigenvalue weighted by Gasteiger charge is -2.29. The molecule has 1 aliphatic heterocycles. The topological polar surface area (TPSA) is 70.4 Å². The maximum Gasteiger partial charge on any atom is 0.416 e. The Bertz CT molecular complexity index is 927. The van der Waals surface area contributed by atoms with Crippen LogP contribution in [0.4, 0.5) is 26.3 Å². The highest BCUT2D eigenvalue weighted by atomic mass is 19.4. The molecular formula is C19H18F6N4O2. The molecule has 2 N–H and O–H groups in total. The van der Waals surface area contributed by atoms with Gasteiger partial charge in [-0.1, -0.05) is 0 Å². The van der Waals surface area contributed by atoms with Gasteiger partial charge in [0.15, 0.2) is 0 Å². The van der Waals surface area contributed by atoms with Gasteiger partial charge in [0.1, 0.15) is 0 Å². The zero-order valence-corrected chi connectivity index (χ0v) is 15.9. The number of hydrazine groups is 1. The average Bonchev–Trinajstić information content (AvgIpc) is 3.16. The van der Waals surface area contributed by atoms with E-state index in [1.54, 1.807) is 5.01 Å². The van der Waals surface area contributed by atoms with Gasteiger partial charge in [-0.15, -0.1) is 0 Å². The van der Waals surface area contributed by atoms with Crippen molar-refractivity contribution in [1.82, 2.24) is 20.2 Å². The van der Waals surface area contributed by atoms with E-state index in [4.69, 9.17) is 0 Å². The summed E-state index contributed by atoms with van der Waals surface area (Å²) in [5.74, 6) is -0.494. The Hall–Kier alpha value is -2.86. The number of aliphatic hydroxyl groups is 1. The van der Waals surface area contributed by atoms with Gasteiger partial charge in [-0.05, 0) is 37.1 Å². The van der Waals surface area contributed by atoms with E-state index in [0.717, 1.165) is 10.8 Å². The summed E-state index contributed by atoms with van der Waals surface area (Å²) >= 11 is 0. The van der Waals surface area contributed by atoms with Crippen molar-refractivity contribution in [3.8, 4) is 11.3 Å². The van der Waals surface area contributed by atoms with Crippen LogP contribution in [0.25, 0.3) is 17.5 Å². The quantitative estimate of drug-likeness (QED) is 0.555. The number of rotatable bonds is 4. The van der Waals surface area contributed by atoms with Crippen molar-refractivity contribution < 1.29 is 36.2 Å². The van der Waals surface area contributed by atoms with E-state index in [2.05, 4.69) is 10.5 Å². The standard InChI is InChI=1S/C19H18F6N4O2/c20-18(21,22)13-9-12(10-14(11-13)19(23,24)25)16-3-7-28(26-16)8-4-17(31)27-29-5-1-15(30)2-6-29/h3-4,7-11,15,30H,1-2,5-6H2,(H,27,31)/b8-4-. The molecule has 0 unspecified atom stereocenters. The van der Waals surface area contributed by atoms with Gasteiger partial charge in [-0.2, -0.15) is 31.4 Å². The minimum absolute atomic E-state index is 0.0460. The first kappa shape index (κ1) is 22.8. The molecule has 0 atom stereocenters. The van der Waals surface area contributed by atoms with Gasteiger partial charge in [0.2, 0.25) is 0 Å². The van der Waals surface area contributed by atoms with Crippen molar-refractivity contribution in [3.63, 3.8) is 0 Å². The van der Waals surface area contributed by atoms with Crippen molar-refractivity contribution in [3.05, 3.63) is 47.7 Å². The van der Waals surface area contributed by atoms with Crippen LogP contribution in [0.2, 0.25) is 0 Å². The van der Waals surface area contributed by atoms with Crippen molar-refractivity contribution in [2.75, 3.05) is 13.1 Å². The Morgan fingerprint density at radius 2 is 1.65 bits per heavy atom. The zero-order chi connectivity index (χ0) is 22.8. The molecule has 31 heavy (non-hydrogen) atoms. The number of alkyl halides is 6. The Balaban J connectivity index is 1.75. The summed E-state index contributed by atoms with van der Waals surface area (Å²) in [6.45, 7) is 0.952. The number of nitrogens with zero attached hydrogens (tertiary/aromatic N) is 3. The fourth-order valence-electron chi connectivity index (χ4n) is 2.99. The fraction of sp³-hybridized carbons (Fsp3) is 0.368. The number of hydrogen-bond donors (Lipinski definition) is 2. The van der Waals surface area contributed by atoms with Crippen LogP contribution in [0.15, 0.2) is 36.5 Å². The highest BCUT2D eigenvalue weighted by Gasteiger charge is 2.37. The molecule has 0 aliphatic carbocycles. The van der Waals surface area contributed by atoms with E-state index in [0.29, 0.717) is 38.1 Å². The van der Waals surface area contributed by atoms with Crippen LogP contribution in [-0.2, 0) is 17.1 Å². The molecule has 1 aromatic carbocycles. The molecule has 1 aliphatic rings. The van der Waals surface area contributed by atoms with Crippen LogP contribution in [0.3, 0.4) is 0 Å². The SMILES string of the molecule is O=C(/C=C\n1ccc(-c2cc(C(F)(F)F)cc(C(F)(F)F)c2)n1)NN1CCC(O)CC1. The summed E-state index contributed by atoms with van der Waals surface area (Å²) in [6, 6.07) is 2.46. The molecule has 1 fully saturated rings. The second-order valence-corrected chi connectivity index (χ2v) is 6.99. The van der Waals surface area contributed by atoms with Crippen LogP contribution < -0.4 is 5.43 Å². The summed E-state index contributed by atoms with van der Waals surface area (Å²) in [5.41, 5.74) is -0.746. The number of benzene rings is 1. The van der Waals surface area contributed by atoms with Crippen molar-refractivity contribution in [2.45, 2.75) is 31.3 Å². The number of halogens is 6. The van der Waals surface area contributed by atoms with E-state index in [9.17, 15) is 36.2 Å². The molecule has 1 saturated heterocycles. The average molecular weight is 448 g/mol. The number of aliphatic hydroxyl groups excluding tert-OH is 1.